The lowest BCUT2D eigenvalue weighted by Crippen LogP contribution is -2.11. The third-order valence-corrected chi connectivity index (χ3v) is 3.41. The summed E-state index contributed by atoms with van der Waals surface area (Å²) in [5.74, 6) is 0.346. The van der Waals surface area contributed by atoms with E-state index in [1.54, 1.807) is 31.2 Å². The van der Waals surface area contributed by atoms with Crippen LogP contribution in [0.5, 0.6) is 5.75 Å². The van der Waals surface area contributed by atoms with Crippen molar-refractivity contribution in [3.63, 3.8) is 0 Å². The SMILES string of the molecule is Cc1ccc(OCC(=O)c2ccc(C(C)C)cc2)cc1F. The van der Waals surface area contributed by atoms with Crippen LogP contribution in [0.3, 0.4) is 0 Å². The number of hydrogen-bond donors (Lipinski definition) is 0. The molecule has 0 aliphatic heterocycles. The van der Waals surface area contributed by atoms with Crippen molar-refractivity contribution in [2.75, 3.05) is 6.61 Å². The summed E-state index contributed by atoms with van der Waals surface area (Å²) in [4.78, 5) is 12.0. The molecule has 110 valence electrons. The Morgan fingerprint density at radius 3 is 2.38 bits per heavy atom. The predicted molar refractivity (Wildman–Crippen MR) is 81.5 cm³/mol. The molecule has 0 saturated carbocycles. The zero-order valence-corrected chi connectivity index (χ0v) is 12.5. The first kappa shape index (κ1) is 15.2. The molecule has 0 heterocycles. The van der Waals surface area contributed by atoms with Gasteiger partial charge in [0.1, 0.15) is 11.6 Å². The Hall–Kier alpha value is -2.16. The number of halogens is 1. The summed E-state index contributed by atoms with van der Waals surface area (Å²) >= 11 is 0. The number of carbonyl (C=O) groups is 1. The summed E-state index contributed by atoms with van der Waals surface area (Å²) in [6.45, 7) is 5.79. The van der Waals surface area contributed by atoms with Crippen LogP contribution in [0.2, 0.25) is 0 Å². The van der Waals surface area contributed by atoms with E-state index in [9.17, 15) is 9.18 Å². The van der Waals surface area contributed by atoms with Gasteiger partial charge >= 0.3 is 0 Å². The second-order valence-corrected chi connectivity index (χ2v) is 5.40. The molecule has 0 radical (unpaired) electrons. The van der Waals surface area contributed by atoms with Gasteiger partial charge < -0.3 is 4.74 Å². The van der Waals surface area contributed by atoms with Crippen molar-refractivity contribution in [3.8, 4) is 5.75 Å². The van der Waals surface area contributed by atoms with Crippen LogP contribution in [-0.4, -0.2) is 12.4 Å². The highest BCUT2D eigenvalue weighted by atomic mass is 19.1. The third kappa shape index (κ3) is 3.91. The van der Waals surface area contributed by atoms with Crippen LogP contribution in [0.1, 0.15) is 41.3 Å². The van der Waals surface area contributed by atoms with Gasteiger partial charge in [0.25, 0.3) is 0 Å². The smallest absolute Gasteiger partial charge is 0.200 e. The van der Waals surface area contributed by atoms with Gasteiger partial charge in [-0.15, -0.1) is 0 Å². The fourth-order valence-electron chi connectivity index (χ4n) is 1.95. The lowest BCUT2D eigenvalue weighted by atomic mass is 10.0. The molecule has 2 rings (SSSR count). The molecule has 0 bridgehead atoms. The van der Waals surface area contributed by atoms with Gasteiger partial charge in [0.05, 0.1) is 0 Å². The molecule has 21 heavy (non-hydrogen) atoms. The van der Waals surface area contributed by atoms with Crippen molar-refractivity contribution in [1.29, 1.82) is 0 Å². The van der Waals surface area contributed by atoms with Crippen LogP contribution in [-0.2, 0) is 0 Å². The minimum absolute atomic E-state index is 0.0937. The Balaban J connectivity index is 1.99. The number of rotatable bonds is 5. The van der Waals surface area contributed by atoms with Crippen molar-refractivity contribution in [3.05, 3.63) is 65.0 Å². The molecule has 2 nitrogen and oxygen atoms in total. The lowest BCUT2D eigenvalue weighted by Gasteiger charge is -2.08. The van der Waals surface area contributed by atoms with Gasteiger partial charge in [0, 0.05) is 11.6 Å². The van der Waals surface area contributed by atoms with Crippen molar-refractivity contribution < 1.29 is 13.9 Å². The molecule has 0 fully saturated rings. The Labute approximate surface area is 124 Å². The molecule has 0 amide bonds. The molecule has 0 aliphatic rings. The molecule has 2 aromatic carbocycles. The molecule has 0 aliphatic carbocycles. The van der Waals surface area contributed by atoms with E-state index < -0.39 is 0 Å². The number of benzene rings is 2. The number of ether oxygens (including phenoxy) is 1. The van der Waals surface area contributed by atoms with Gasteiger partial charge in [-0.05, 0) is 30.0 Å². The molecule has 0 N–H and O–H groups in total. The maximum absolute atomic E-state index is 13.4. The quantitative estimate of drug-likeness (QED) is 0.755. The lowest BCUT2D eigenvalue weighted by molar-refractivity contribution is 0.0921. The average Bonchev–Trinajstić information content (AvgIpc) is 2.48. The van der Waals surface area contributed by atoms with Gasteiger partial charge in [-0.2, -0.15) is 0 Å². The second kappa shape index (κ2) is 6.53. The predicted octanol–water partition coefficient (Wildman–Crippen LogP) is 4.52. The normalized spacial score (nSPS) is 10.7. The molecule has 0 aromatic heterocycles. The summed E-state index contributed by atoms with van der Waals surface area (Å²) in [6.07, 6.45) is 0. The molecule has 0 unspecified atom stereocenters. The Morgan fingerprint density at radius 2 is 1.81 bits per heavy atom. The Kier molecular flexibility index (Phi) is 4.73. The molecular formula is C18H19FO2. The summed E-state index contributed by atoms with van der Waals surface area (Å²) < 4.78 is 18.7. The van der Waals surface area contributed by atoms with Crippen molar-refractivity contribution >= 4 is 5.78 Å². The standard InChI is InChI=1S/C18H19FO2/c1-12(2)14-5-7-15(8-6-14)18(20)11-21-16-9-4-13(3)17(19)10-16/h4-10,12H,11H2,1-3H3. The molecule has 0 spiro atoms. The highest BCUT2D eigenvalue weighted by Gasteiger charge is 2.08. The summed E-state index contributed by atoms with van der Waals surface area (Å²) in [5, 5.41) is 0. The van der Waals surface area contributed by atoms with E-state index in [0.29, 0.717) is 22.8 Å². The van der Waals surface area contributed by atoms with E-state index in [2.05, 4.69) is 13.8 Å². The first-order chi connectivity index (χ1) is 9.97. The second-order valence-electron chi connectivity index (χ2n) is 5.40. The van der Waals surface area contributed by atoms with Crippen LogP contribution in [0.15, 0.2) is 42.5 Å². The minimum atomic E-state index is -0.332. The molecular weight excluding hydrogens is 267 g/mol. The Morgan fingerprint density at radius 1 is 1.14 bits per heavy atom. The summed E-state index contributed by atoms with van der Waals surface area (Å²) in [7, 11) is 0. The number of ketones is 1. The van der Waals surface area contributed by atoms with Crippen LogP contribution in [0, 0.1) is 12.7 Å². The van der Waals surface area contributed by atoms with E-state index in [4.69, 9.17) is 4.74 Å². The highest BCUT2D eigenvalue weighted by molar-refractivity contribution is 5.97. The molecule has 2 aromatic rings. The van der Waals surface area contributed by atoms with Crippen LogP contribution < -0.4 is 4.74 Å². The fourth-order valence-corrected chi connectivity index (χ4v) is 1.95. The van der Waals surface area contributed by atoms with Crippen molar-refractivity contribution in [2.45, 2.75) is 26.7 Å². The van der Waals surface area contributed by atoms with Crippen molar-refractivity contribution in [1.82, 2.24) is 0 Å². The van der Waals surface area contributed by atoms with Gasteiger partial charge in [0.2, 0.25) is 0 Å². The number of aryl methyl sites for hydroxylation is 1. The molecule has 3 heteroatoms. The van der Waals surface area contributed by atoms with Gasteiger partial charge in [0.15, 0.2) is 12.4 Å². The van der Waals surface area contributed by atoms with Crippen LogP contribution in [0.4, 0.5) is 4.39 Å². The molecule has 0 atom stereocenters. The highest BCUT2D eigenvalue weighted by Crippen LogP contribution is 2.17. The van der Waals surface area contributed by atoms with Gasteiger partial charge in [-0.3, -0.25) is 4.79 Å². The van der Waals surface area contributed by atoms with Crippen LogP contribution in [0.25, 0.3) is 0 Å². The van der Waals surface area contributed by atoms with E-state index >= 15 is 0 Å². The zero-order chi connectivity index (χ0) is 15.4. The van der Waals surface area contributed by atoms with E-state index in [1.165, 1.54) is 11.6 Å². The largest absolute Gasteiger partial charge is 0.485 e. The average molecular weight is 286 g/mol. The number of Topliss-reactive ketones (excluding diaryl/α,β-unsaturated/α-hetero) is 1. The van der Waals surface area contributed by atoms with Gasteiger partial charge in [-0.1, -0.05) is 44.2 Å². The number of carbonyl (C=O) groups excluding carboxylic acids is 1. The maximum Gasteiger partial charge on any atom is 0.200 e. The first-order valence-electron chi connectivity index (χ1n) is 6.99. The van der Waals surface area contributed by atoms with E-state index in [-0.39, 0.29) is 18.2 Å². The monoisotopic (exact) mass is 286 g/mol. The fraction of sp³-hybridized carbons (Fsp3) is 0.278. The summed E-state index contributed by atoms with van der Waals surface area (Å²) in [5.41, 5.74) is 2.35. The first-order valence-corrected chi connectivity index (χ1v) is 6.99. The number of hydrogen-bond acceptors (Lipinski definition) is 2. The molecule has 0 saturated heterocycles. The van der Waals surface area contributed by atoms with Crippen LogP contribution >= 0.6 is 0 Å². The topological polar surface area (TPSA) is 26.3 Å². The third-order valence-electron chi connectivity index (χ3n) is 3.41. The zero-order valence-electron chi connectivity index (χ0n) is 12.5. The maximum atomic E-state index is 13.4. The van der Waals surface area contributed by atoms with Crippen molar-refractivity contribution in [2.24, 2.45) is 0 Å². The van der Waals surface area contributed by atoms with E-state index in [0.717, 1.165) is 0 Å². The Bertz CT molecular complexity index is 630. The van der Waals surface area contributed by atoms with Gasteiger partial charge in [-0.25, -0.2) is 4.39 Å². The minimum Gasteiger partial charge on any atom is -0.485 e. The van der Waals surface area contributed by atoms with E-state index in [1.807, 2.05) is 12.1 Å². The summed E-state index contributed by atoms with van der Waals surface area (Å²) in [6, 6.07) is 12.1.